The van der Waals surface area contributed by atoms with Crippen LogP contribution in [0.25, 0.3) is 28.1 Å². The van der Waals surface area contributed by atoms with Crippen molar-refractivity contribution in [3.63, 3.8) is 0 Å². The topological polar surface area (TPSA) is 127 Å². The number of rotatable bonds is 9. The fraction of sp³-hybridized carbons (Fsp3) is 0.176. The third-order valence-corrected chi connectivity index (χ3v) is 9.74. The number of imidazole rings is 1. The lowest BCUT2D eigenvalue weighted by Gasteiger charge is -2.15. The van der Waals surface area contributed by atoms with Gasteiger partial charge < -0.3 is 4.57 Å². The van der Waals surface area contributed by atoms with Crippen molar-refractivity contribution in [3.05, 3.63) is 128 Å². The predicted molar refractivity (Wildman–Crippen MR) is 183 cm³/mol. The predicted octanol–water partition coefficient (Wildman–Crippen LogP) is 7.39. The minimum Gasteiger partial charge on any atom is -0.303 e. The average molecular weight is 691 g/mol. The Labute approximate surface area is 281 Å². The Hall–Kier alpha value is -4.71. The lowest BCUT2D eigenvalue weighted by molar-refractivity contribution is -0.385. The number of amides is 1. The molecule has 1 aliphatic heterocycles. The van der Waals surface area contributed by atoms with Crippen LogP contribution in [0.3, 0.4) is 0 Å². The zero-order chi connectivity index (χ0) is 33.5. The largest absolute Gasteiger partial charge is 0.326 e. The van der Waals surface area contributed by atoms with Crippen LogP contribution in [0.15, 0.2) is 91.1 Å². The van der Waals surface area contributed by atoms with Crippen LogP contribution >= 0.6 is 23.2 Å². The fourth-order valence-corrected chi connectivity index (χ4v) is 7.23. The van der Waals surface area contributed by atoms with Gasteiger partial charge in [-0.2, -0.15) is 8.42 Å². The number of carbonyl (C=O) groups is 1. The van der Waals surface area contributed by atoms with Gasteiger partial charge >= 0.3 is 10.2 Å². The van der Waals surface area contributed by atoms with Gasteiger partial charge in [-0.1, -0.05) is 73.4 Å². The van der Waals surface area contributed by atoms with Crippen molar-refractivity contribution in [1.82, 2.24) is 14.3 Å². The van der Waals surface area contributed by atoms with E-state index in [9.17, 15) is 23.3 Å². The standard InChI is InChI=1S/C34H29Cl2N5O5S/c1-21(2)15-25-8-7-24(17-32(25)41(43)44)23-5-3-22(4-6-23)16-33-37-31(29-14-9-26(35)18-30(29)36)19-39(33)27-10-12-28(13-11-27)40-20-34(42)38-47(40,45)46/h3-14,17-19,21H,15-16,20H2,1-2H3,(H,38,42). The summed E-state index contributed by atoms with van der Waals surface area (Å²) in [5.41, 5.74) is 5.77. The van der Waals surface area contributed by atoms with Crippen molar-refractivity contribution in [2.45, 2.75) is 26.7 Å². The Kier molecular flexibility index (Phi) is 8.80. The summed E-state index contributed by atoms with van der Waals surface area (Å²) in [6.07, 6.45) is 2.91. The van der Waals surface area contributed by atoms with E-state index in [1.54, 1.807) is 48.5 Å². The summed E-state index contributed by atoms with van der Waals surface area (Å²) < 4.78 is 29.6. The Morgan fingerprint density at radius 3 is 2.23 bits per heavy atom. The van der Waals surface area contributed by atoms with E-state index >= 15 is 0 Å². The molecule has 1 saturated heterocycles. The number of nitrogens with one attached hydrogen (secondary N) is 1. The summed E-state index contributed by atoms with van der Waals surface area (Å²) in [5.74, 6) is 0.387. The smallest absolute Gasteiger partial charge is 0.303 e. The highest BCUT2D eigenvalue weighted by molar-refractivity contribution is 7.92. The third kappa shape index (κ3) is 6.87. The van der Waals surface area contributed by atoms with Crippen LogP contribution in [-0.4, -0.2) is 35.3 Å². The first-order chi connectivity index (χ1) is 22.4. The molecule has 13 heteroatoms. The normalized spacial score (nSPS) is 14.1. The number of anilines is 1. The Bertz CT molecular complexity index is 2110. The van der Waals surface area contributed by atoms with Gasteiger partial charge in [0.1, 0.15) is 12.4 Å². The Morgan fingerprint density at radius 1 is 0.936 bits per heavy atom. The maximum absolute atomic E-state index is 12.3. The van der Waals surface area contributed by atoms with Crippen LogP contribution in [0, 0.1) is 16.0 Å². The summed E-state index contributed by atoms with van der Waals surface area (Å²) in [7, 11) is -3.94. The van der Waals surface area contributed by atoms with Crippen molar-refractivity contribution in [3.8, 4) is 28.1 Å². The molecule has 0 atom stereocenters. The fourth-order valence-electron chi connectivity index (χ4n) is 5.57. The Morgan fingerprint density at radius 2 is 1.62 bits per heavy atom. The zero-order valence-corrected chi connectivity index (χ0v) is 27.7. The van der Waals surface area contributed by atoms with E-state index in [-0.39, 0.29) is 17.2 Å². The first kappa shape index (κ1) is 32.2. The second-order valence-corrected chi connectivity index (χ2v) is 14.1. The minimum atomic E-state index is -3.94. The highest BCUT2D eigenvalue weighted by Crippen LogP contribution is 2.33. The number of nitro benzene ring substituents is 1. The van der Waals surface area contributed by atoms with E-state index in [2.05, 4.69) is 0 Å². The molecule has 47 heavy (non-hydrogen) atoms. The van der Waals surface area contributed by atoms with E-state index in [1.807, 2.05) is 65.7 Å². The first-order valence-electron chi connectivity index (χ1n) is 14.7. The van der Waals surface area contributed by atoms with Gasteiger partial charge in [0.05, 0.1) is 21.3 Å². The molecule has 1 aromatic heterocycles. The second-order valence-electron chi connectivity index (χ2n) is 11.7. The molecule has 6 rings (SSSR count). The van der Waals surface area contributed by atoms with Gasteiger partial charge in [0.15, 0.2) is 0 Å². The third-order valence-electron chi connectivity index (χ3n) is 7.78. The molecule has 0 saturated carbocycles. The summed E-state index contributed by atoms with van der Waals surface area (Å²) in [4.78, 5) is 28.1. The molecule has 0 spiro atoms. The number of nitrogens with zero attached hydrogens (tertiary/aromatic N) is 4. The van der Waals surface area contributed by atoms with Crippen LogP contribution in [0.4, 0.5) is 11.4 Å². The lowest BCUT2D eigenvalue weighted by Crippen LogP contribution is -2.29. The number of carbonyl (C=O) groups excluding carboxylic acids is 1. The average Bonchev–Trinajstić information content (AvgIpc) is 3.55. The molecule has 4 aromatic carbocycles. The molecule has 1 amide bonds. The van der Waals surface area contributed by atoms with Gasteiger partial charge in [0.2, 0.25) is 0 Å². The molecule has 5 aromatic rings. The molecule has 1 aliphatic rings. The molecule has 10 nitrogen and oxygen atoms in total. The van der Waals surface area contributed by atoms with E-state index in [0.29, 0.717) is 62.8 Å². The van der Waals surface area contributed by atoms with Crippen LogP contribution in [0.2, 0.25) is 10.0 Å². The van der Waals surface area contributed by atoms with E-state index in [0.717, 1.165) is 21.0 Å². The van der Waals surface area contributed by atoms with Crippen LogP contribution in [0.1, 0.15) is 30.8 Å². The molecule has 0 radical (unpaired) electrons. The van der Waals surface area contributed by atoms with Crippen LogP contribution in [0.5, 0.6) is 0 Å². The van der Waals surface area contributed by atoms with Gasteiger partial charge in [-0.05, 0) is 71.5 Å². The number of benzene rings is 4. The molecule has 240 valence electrons. The van der Waals surface area contributed by atoms with Crippen molar-refractivity contribution >= 4 is 50.7 Å². The minimum absolute atomic E-state index is 0.118. The monoisotopic (exact) mass is 689 g/mol. The SMILES string of the molecule is CC(C)Cc1ccc(-c2ccc(Cc3nc(-c4ccc(Cl)cc4Cl)cn3-c3ccc(N4CC(=O)NS4(=O)=O)cc3)cc2)cc1[N+](=O)[O-]. The van der Waals surface area contributed by atoms with Crippen LogP contribution in [-0.2, 0) is 27.8 Å². The number of hydrogen-bond acceptors (Lipinski definition) is 6. The quantitative estimate of drug-likeness (QED) is 0.127. The summed E-state index contributed by atoms with van der Waals surface area (Å²) in [6.45, 7) is 3.78. The molecule has 0 aliphatic carbocycles. The van der Waals surface area contributed by atoms with Gasteiger partial charge in [0.25, 0.3) is 11.6 Å². The summed E-state index contributed by atoms with van der Waals surface area (Å²) in [5, 5.41) is 12.7. The molecule has 0 bridgehead atoms. The maximum atomic E-state index is 12.3. The Balaban J connectivity index is 1.33. The highest BCUT2D eigenvalue weighted by Gasteiger charge is 2.34. The van der Waals surface area contributed by atoms with Crippen molar-refractivity contribution < 1.29 is 18.1 Å². The number of hydrogen-bond donors (Lipinski definition) is 1. The second kappa shape index (κ2) is 12.8. The molecular formula is C34H29Cl2N5O5S. The van der Waals surface area contributed by atoms with Crippen molar-refractivity contribution in [2.24, 2.45) is 5.92 Å². The van der Waals surface area contributed by atoms with Gasteiger partial charge in [-0.15, -0.1) is 0 Å². The number of aromatic nitrogens is 2. The maximum Gasteiger partial charge on any atom is 0.326 e. The summed E-state index contributed by atoms with van der Waals surface area (Å²) >= 11 is 12.7. The van der Waals surface area contributed by atoms with Gasteiger partial charge in [0, 0.05) is 40.5 Å². The molecular weight excluding hydrogens is 661 g/mol. The van der Waals surface area contributed by atoms with E-state index in [4.69, 9.17) is 28.2 Å². The van der Waals surface area contributed by atoms with Gasteiger partial charge in [-0.3, -0.25) is 14.9 Å². The molecule has 1 fully saturated rings. The molecule has 1 N–H and O–H groups in total. The summed E-state index contributed by atoms with van der Waals surface area (Å²) in [6, 6.07) is 25.1. The number of nitro groups is 1. The highest BCUT2D eigenvalue weighted by atomic mass is 35.5. The van der Waals surface area contributed by atoms with E-state index in [1.165, 1.54) is 0 Å². The molecule has 0 unspecified atom stereocenters. The van der Waals surface area contributed by atoms with E-state index < -0.39 is 16.1 Å². The molecule has 2 heterocycles. The zero-order valence-electron chi connectivity index (χ0n) is 25.4. The van der Waals surface area contributed by atoms with Crippen molar-refractivity contribution in [2.75, 3.05) is 10.8 Å². The van der Waals surface area contributed by atoms with Crippen LogP contribution < -0.4 is 9.03 Å². The first-order valence-corrected chi connectivity index (χ1v) is 16.9. The van der Waals surface area contributed by atoms with Crippen molar-refractivity contribution in [1.29, 1.82) is 0 Å². The lowest BCUT2D eigenvalue weighted by atomic mass is 9.96. The van der Waals surface area contributed by atoms with Gasteiger partial charge in [-0.25, -0.2) is 14.0 Å². The number of halogens is 2.